The van der Waals surface area contributed by atoms with Crippen LogP contribution in [0.25, 0.3) is 0 Å². The summed E-state index contributed by atoms with van der Waals surface area (Å²) in [7, 11) is 0. The number of benzene rings is 1. The van der Waals surface area contributed by atoms with Crippen molar-refractivity contribution in [2.45, 2.75) is 33.1 Å². The molecular formula is C14H18O3. The zero-order valence-electron chi connectivity index (χ0n) is 10.4. The van der Waals surface area contributed by atoms with Gasteiger partial charge in [0.2, 0.25) is 0 Å². The van der Waals surface area contributed by atoms with Crippen molar-refractivity contribution >= 4 is 5.97 Å². The smallest absolute Gasteiger partial charge is 0.338 e. The van der Waals surface area contributed by atoms with Crippen LogP contribution in [0.2, 0.25) is 0 Å². The number of hydrogen-bond donors (Lipinski definition) is 0. The molecule has 0 amide bonds. The molecule has 0 fully saturated rings. The number of rotatable bonds is 4. The van der Waals surface area contributed by atoms with Gasteiger partial charge in [-0.2, -0.15) is 0 Å². The highest BCUT2D eigenvalue weighted by molar-refractivity contribution is 5.92. The molecule has 1 aromatic carbocycles. The van der Waals surface area contributed by atoms with Gasteiger partial charge in [0.05, 0.1) is 18.8 Å². The molecular weight excluding hydrogens is 216 g/mol. The predicted molar refractivity (Wildman–Crippen MR) is 65.6 cm³/mol. The van der Waals surface area contributed by atoms with Gasteiger partial charge in [-0.3, -0.25) is 0 Å². The minimum Gasteiger partial charge on any atom is -0.494 e. The Morgan fingerprint density at radius 3 is 2.76 bits per heavy atom. The number of carbonyl (C=O) groups excluding carboxylic acids is 1. The molecule has 1 aliphatic rings. The average Bonchev–Trinajstić information content (AvgIpc) is 2.76. The summed E-state index contributed by atoms with van der Waals surface area (Å²) in [5.41, 5.74) is 3.07. The Labute approximate surface area is 102 Å². The van der Waals surface area contributed by atoms with Crippen LogP contribution in [0.5, 0.6) is 5.75 Å². The lowest BCUT2D eigenvalue weighted by molar-refractivity contribution is 0.0524. The van der Waals surface area contributed by atoms with Gasteiger partial charge in [-0.25, -0.2) is 4.79 Å². The normalized spacial score (nSPS) is 13.3. The maximum atomic E-state index is 11.9. The van der Waals surface area contributed by atoms with E-state index in [0.717, 1.165) is 30.6 Å². The zero-order valence-corrected chi connectivity index (χ0v) is 10.4. The summed E-state index contributed by atoms with van der Waals surface area (Å²) in [5.74, 6) is 0.545. The molecule has 1 aliphatic carbocycles. The molecule has 0 aliphatic heterocycles. The minimum absolute atomic E-state index is 0.229. The van der Waals surface area contributed by atoms with E-state index in [2.05, 4.69) is 6.07 Å². The maximum Gasteiger partial charge on any atom is 0.338 e. The first kappa shape index (κ1) is 12.0. The predicted octanol–water partition coefficient (Wildman–Crippen LogP) is 2.75. The van der Waals surface area contributed by atoms with Crippen LogP contribution in [0.3, 0.4) is 0 Å². The third-order valence-corrected chi connectivity index (χ3v) is 3.00. The van der Waals surface area contributed by atoms with Gasteiger partial charge >= 0.3 is 5.97 Å². The molecule has 2 rings (SSSR count). The number of carbonyl (C=O) groups is 1. The molecule has 1 aromatic rings. The molecule has 0 atom stereocenters. The first-order valence-electron chi connectivity index (χ1n) is 6.22. The molecule has 17 heavy (non-hydrogen) atoms. The van der Waals surface area contributed by atoms with Crippen molar-refractivity contribution < 1.29 is 14.3 Å². The molecule has 0 saturated heterocycles. The first-order chi connectivity index (χ1) is 8.26. The lowest BCUT2D eigenvalue weighted by Gasteiger charge is -2.11. The van der Waals surface area contributed by atoms with Crippen LogP contribution < -0.4 is 4.74 Å². The molecule has 0 saturated carbocycles. The average molecular weight is 234 g/mol. The van der Waals surface area contributed by atoms with E-state index in [9.17, 15) is 4.79 Å². The quantitative estimate of drug-likeness (QED) is 0.751. The third kappa shape index (κ3) is 2.43. The van der Waals surface area contributed by atoms with Crippen molar-refractivity contribution in [3.63, 3.8) is 0 Å². The van der Waals surface area contributed by atoms with Crippen LogP contribution in [0, 0.1) is 0 Å². The van der Waals surface area contributed by atoms with E-state index < -0.39 is 0 Å². The van der Waals surface area contributed by atoms with Crippen LogP contribution >= 0.6 is 0 Å². The summed E-state index contributed by atoms with van der Waals surface area (Å²) >= 11 is 0. The largest absolute Gasteiger partial charge is 0.494 e. The highest BCUT2D eigenvalue weighted by Crippen LogP contribution is 2.30. The van der Waals surface area contributed by atoms with Crippen molar-refractivity contribution in [3.05, 3.63) is 28.8 Å². The van der Waals surface area contributed by atoms with E-state index in [1.807, 2.05) is 19.9 Å². The monoisotopic (exact) mass is 234 g/mol. The summed E-state index contributed by atoms with van der Waals surface area (Å²) < 4.78 is 10.6. The van der Waals surface area contributed by atoms with Crippen LogP contribution in [-0.4, -0.2) is 19.2 Å². The van der Waals surface area contributed by atoms with Gasteiger partial charge in [0.25, 0.3) is 0 Å². The molecule has 3 heteroatoms. The summed E-state index contributed by atoms with van der Waals surface area (Å²) in [6.45, 7) is 4.79. The second-order valence-corrected chi connectivity index (χ2v) is 4.12. The fourth-order valence-electron chi connectivity index (χ4n) is 2.32. The Hall–Kier alpha value is -1.51. The van der Waals surface area contributed by atoms with Gasteiger partial charge in [-0.05, 0) is 56.4 Å². The Kier molecular flexibility index (Phi) is 3.67. The Balaban J connectivity index is 2.38. The van der Waals surface area contributed by atoms with Crippen molar-refractivity contribution in [2.75, 3.05) is 13.2 Å². The number of ether oxygens (including phenoxy) is 2. The highest BCUT2D eigenvalue weighted by Gasteiger charge is 2.21. The molecule has 0 unspecified atom stereocenters. The van der Waals surface area contributed by atoms with Gasteiger partial charge in [-0.1, -0.05) is 0 Å². The van der Waals surface area contributed by atoms with E-state index >= 15 is 0 Å². The lowest BCUT2D eigenvalue weighted by atomic mass is 10.0. The van der Waals surface area contributed by atoms with Gasteiger partial charge in [0.1, 0.15) is 5.75 Å². The molecule has 0 radical (unpaired) electrons. The molecule has 92 valence electrons. The van der Waals surface area contributed by atoms with Crippen LogP contribution in [0.4, 0.5) is 0 Å². The minimum atomic E-state index is -0.229. The topological polar surface area (TPSA) is 35.5 Å². The van der Waals surface area contributed by atoms with Crippen molar-refractivity contribution in [2.24, 2.45) is 0 Å². The number of aryl methyl sites for hydroxylation is 1. The molecule has 0 N–H and O–H groups in total. The molecule has 0 aromatic heterocycles. The Bertz CT molecular complexity index is 424. The number of hydrogen-bond acceptors (Lipinski definition) is 3. The molecule has 0 spiro atoms. The third-order valence-electron chi connectivity index (χ3n) is 3.00. The van der Waals surface area contributed by atoms with E-state index in [1.165, 1.54) is 5.56 Å². The van der Waals surface area contributed by atoms with Crippen molar-refractivity contribution in [1.29, 1.82) is 0 Å². The summed E-state index contributed by atoms with van der Waals surface area (Å²) in [5, 5.41) is 0. The molecule has 0 bridgehead atoms. The van der Waals surface area contributed by atoms with E-state index in [-0.39, 0.29) is 5.97 Å². The SMILES string of the molecule is CCOC(=O)c1cc(OCC)cc2c1CCC2. The summed E-state index contributed by atoms with van der Waals surface area (Å²) in [6.07, 6.45) is 3.11. The van der Waals surface area contributed by atoms with Gasteiger partial charge in [0.15, 0.2) is 0 Å². The van der Waals surface area contributed by atoms with E-state index in [4.69, 9.17) is 9.47 Å². The van der Waals surface area contributed by atoms with Gasteiger partial charge in [-0.15, -0.1) is 0 Å². The van der Waals surface area contributed by atoms with Crippen LogP contribution in [0.15, 0.2) is 12.1 Å². The van der Waals surface area contributed by atoms with Crippen LogP contribution in [0.1, 0.15) is 41.8 Å². The van der Waals surface area contributed by atoms with Crippen molar-refractivity contribution in [3.8, 4) is 5.75 Å². The highest BCUT2D eigenvalue weighted by atomic mass is 16.5. The van der Waals surface area contributed by atoms with Gasteiger partial charge in [0, 0.05) is 0 Å². The standard InChI is InChI=1S/C14H18O3/c1-3-16-11-8-10-6-5-7-12(10)13(9-11)14(15)17-4-2/h8-9H,3-7H2,1-2H3. The van der Waals surface area contributed by atoms with Crippen LogP contribution in [-0.2, 0) is 17.6 Å². The zero-order chi connectivity index (χ0) is 12.3. The fraction of sp³-hybridized carbons (Fsp3) is 0.500. The summed E-state index contributed by atoms with van der Waals surface area (Å²) in [6, 6.07) is 3.86. The van der Waals surface area contributed by atoms with E-state index in [1.54, 1.807) is 0 Å². The van der Waals surface area contributed by atoms with Gasteiger partial charge < -0.3 is 9.47 Å². The molecule has 0 heterocycles. The number of esters is 1. The lowest BCUT2D eigenvalue weighted by Crippen LogP contribution is -2.09. The Morgan fingerprint density at radius 1 is 1.24 bits per heavy atom. The molecule has 3 nitrogen and oxygen atoms in total. The van der Waals surface area contributed by atoms with E-state index in [0.29, 0.717) is 18.8 Å². The number of fused-ring (bicyclic) bond motifs is 1. The second kappa shape index (κ2) is 5.21. The fourth-order valence-corrected chi connectivity index (χ4v) is 2.32. The Morgan fingerprint density at radius 2 is 2.06 bits per heavy atom. The first-order valence-corrected chi connectivity index (χ1v) is 6.22. The maximum absolute atomic E-state index is 11.9. The second-order valence-electron chi connectivity index (χ2n) is 4.12. The van der Waals surface area contributed by atoms with Crippen molar-refractivity contribution in [1.82, 2.24) is 0 Å². The summed E-state index contributed by atoms with van der Waals surface area (Å²) in [4.78, 5) is 11.9.